The number of hydrogen-bond donors (Lipinski definition) is 6. The number of aliphatic carboxylic acids is 1. The zero-order valence-corrected chi connectivity index (χ0v) is 23.9. The maximum atomic E-state index is 14.3. The third-order valence-corrected chi connectivity index (χ3v) is 6.56. The minimum atomic E-state index is -2.43. The molecule has 0 saturated heterocycles. The van der Waals surface area contributed by atoms with Crippen molar-refractivity contribution in [3.05, 3.63) is 66.2 Å². The summed E-state index contributed by atoms with van der Waals surface area (Å²) in [5.74, 6) is -5.10. The summed E-state index contributed by atoms with van der Waals surface area (Å²) >= 11 is 0. The summed E-state index contributed by atoms with van der Waals surface area (Å²) < 4.78 is 0. The Morgan fingerprint density at radius 2 is 1.55 bits per heavy atom. The second-order valence-corrected chi connectivity index (χ2v) is 10.0. The van der Waals surface area contributed by atoms with Gasteiger partial charge in [0, 0.05) is 12.2 Å². The number of carbonyl (C=O) groups excluding carboxylic acids is 4. The molecule has 9 N–H and O–H groups in total. The number of Topliss-reactive ketones (excluding diaryl/α,β-unsaturated/α-hetero) is 1. The zero-order chi connectivity index (χ0) is 31.4. The highest BCUT2D eigenvalue weighted by Gasteiger charge is 2.54. The van der Waals surface area contributed by atoms with Gasteiger partial charge in [0.1, 0.15) is 6.04 Å². The Morgan fingerprint density at radius 1 is 0.976 bits per heavy atom. The molecule has 0 unspecified atom stereocenters. The molecule has 0 fully saturated rings. The van der Waals surface area contributed by atoms with Crippen molar-refractivity contribution in [1.29, 1.82) is 0 Å². The van der Waals surface area contributed by atoms with E-state index in [1.165, 1.54) is 24.3 Å². The normalized spacial score (nSPS) is 13.6. The van der Waals surface area contributed by atoms with Crippen molar-refractivity contribution in [2.24, 2.45) is 28.1 Å². The summed E-state index contributed by atoms with van der Waals surface area (Å²) in [4.78, 5) is 70.5. The van der Waals surface area contributed by atoms with E-state index in [2.05, 4.69) is 15.6 Å². The van der Waals surface area contributed by atoms with Gasteiger partial charge in [0.25, 0.3) is 5.91 Å². The Hall–Kier alpha value is -4.78. The monoisotopic (exact) mass is 581 g/mol. The molecule has 13 nitrogen and oxygen atoms in total. The first kappa shape index (κ1) is 33.4. The predicted molar refractivity (Wildman–Crippen MR) is 158 cm³/mol. The van der Waals surface area contributed by atoms with Crippen LogP contribution < -0.4 is 32.7 Å². The second-order valence-electron chi connectivity index (χ2n) is 10.0. The fourth-order valence-electron chi connectivity index (χ4n) is 4.43. The van der Waals surface area contributed by atoms with E-state index in [0.717, 1.165) is 11.8 Å². The first-order chi connectivity index (χ1) is 19.8. The lowest BCUT2D eigenvalue weighted by molar-refractivity contribution is -0.150. The number of amides is 3. The molecule has 2 aromatic carbocycles. The summed E-state index contributed by atoms with van der Waals surface area (Å²) in [7, 11) is 0. The highest BCUT2D eigenvalue weighted by atomic mass is 16.4. The van der Waals surface area contributed by atoms with Crippen molar-refractivity contribution >= 4 is 41.1 Å². The number of aliphatic imine (C=N–C) groups is 1. The number of ketones is 1. The Balaban J connectivity index is 2.36. The van der Waals surface area contributed by atoms with Crippen molar-refractivity contribution in [1.82, 2.24) is 10.6 Å². The molecule has 0 spiro atoms. The van der Waals surface area contributed by atoms with E-state index in [1.54, 1.807) is 50.2 Å². The second kappa shape index (κ2) is 15.3. The molecule has 0 heterocycles. The number of anilines is 1. The minimum Gasteiger partial charge on any atom is -0.479 e. The lowest BCUT2D eigenvalue weighted by Gasteiger charge is -2.41. The molecule has 0 aliphatic carbocycles. The Morgan fingerprint density at radius 3 is 2.05 bits per heavy atom. The molecule has 0 aromatic heterocycles. The number of nitrogens with one attached hydrogen (secondary N) is 2. The van der Waals surface area contributed by atoms with Crippen molar-refractivity contribution in [2.75, 3.05) is 18.0 Å². The van der Waals surface area contributed by atoms with Crippen LogP contribution >= 0.6 is 0 Å². The standard InChI is InChI=1S/C29H39N7O6/c1-18(2)24(35-23(38)17-34-25(39)22(30)15-10-16-33-28(31)32)26(40)36(21-13-8-5-9-14-21)29(19(3)37,27(41)42)20-11-6-4-7-12-20/h4-9,11-14,18,22,24H,10,15-17,30H2,1-3H3,(H,34,39)(H,35,38)(H,41,42)(H4,31,32,33)/t22-,24-,29-/m0/s1. The fourth-order valence-corrected chi connectivity index (χ4v) is 4.43. The quantitative estimate of drug-likeness (QED) is 0.0731. The molecule has 3 atom stereocenters. The van der Waals surface area contributed by atoms with E-state index in [4.69, 9.17) is 17.2 Å². The molecule has 226 valence electrons. The lowest BCUT2D eigenvalue weighted by Crippen LogP contribution is -2.64. The minimum absolute atomic E-state index is 0.0668. The fraction of sp³-hybridized carbons (Fsp3) is 0.379. The van der Waals surface area contributed by atoms with Crippen LogP contribution in [0.3, 0.4) is 0 Å². The number of hydrogen-bond acceptors (Lipinski definition) is 7. The average molecular weight is 582 g/mol. The van der Waals surface area contributed by atoms with Crippen molar-refractivity contribution < 1.29 is 29.1 Å². The van der Waals surface area contributed by atoms with E-state index in [0.29, 0.717) is 13.0 Å². The van der Waals surface area contributed by atoms with Crippen molar-refractivity contribution in [3.8, 4) is 0 Å². The maximum absolute atomic E-state index is 14.3. The first-order valence-electron chi connectivity index (χ1n) is 13.4. The molecule has 42 heavy (non-hydrogen) atoms. The molecule has 2 rings (SSSR count). The van der Waals surface area contributed by atoms with E-state index >= 15 is 0 Å². The molecular formula is C29H39N7O6. The SMILES string of the molecule is CC(=O)[C@@](C(=O)O)(c1ccccc1)N(C(=O)[C@@H](NC(=O)CNC(=O)[C@@H](N)CCCN=C(N)N)C(C)C)c1ccccc1. The highest BCUT2D eigenvalue weighted by Crippen LogP contribution is 2.36. The van der Waals surface area contributed by atoms with Gasteiger partial charge in [-0.25, -0.2) is 4.79 Å². The lowest BCUT2D eigenvalue weighted by atomic mass is 9.82. The van der Waals surface area contributed by atoms with Crippen LogP contribution in [0.4, 0.5) is 5.69 Å². The number of benzene rings is 2. The molecular weight excluding hydrogens is 542 g/mol. The molecule has 3 amide bonds. The maximum Gasteiger partial charge on any atom is 0.342 e. The van der Waals surface area contributed by atoms with Gasteiger partial charge in [0.15, 0.2) is 11.7 Å². The molecule has 0 radical (unpaired) electrons. The third kappa shape index (κ3) is 8.13. The van der Waals surface area contributed by atoms with Gasteiger partial charge in [-0.3, -0.25) is 29.1 Å². The van der Waals surface area contributed by atoms with Crippen LogP contribution in [-0.4, -0.2) is 65.7 Å². The number of carboxylic acids is 1. The van der Waals surface area contributed by atoms with Gasteiger partial charge >= 0.3 is 5.97 Å². The number of para-hydroxylation sites is 1. The van der Waals surface area contributed by atoms with Gasteiger partial charge in [-0.15, -0.1) is 0 Å². The van der Waals surface area contributed by atoms with Gasteiger partial charge in [0.2, 0.25) is 17.4 Å². The largest absolute Gasteiger partial charge is 0.479 e. The topological polar surface area (TPSA) is 223 Å². The van der Waals surface area contributed by atoms with Crippen LogP contribution in [0.2, 0.25) is 0 Å². The van der Waals surface area contributed by atoms with E-state index in [-0.39, 0.29) is 23.6 Å². The summed E-state index contributed by atoms with van der Waals surface area (Å²) in [6, 6.07) is 13.4. The average Bonchev–Trinajstić information content (AvgIpc) is 2.95. The zero-order valence-electron chi connectivity index (χ0n) is 23.9. The van der Waals surface area contributed by atoms with Crippen LogP contribution in [0.15, 0.2) is 65.7 Å². The van der Waals surface area contributed by atoms with Gasteiger partial charge in [-0.1, -0.05) is 62.4 Å². The van der Waals surface area contributed by atoms with Gasteiger partial charge in [0.05, 0.1) is 12.6 Å². The Kier molecular flexibility index (Phi) is 12.2. The van der Waals surface area contributed by atoms with Crippen molar-refractivity contribution in [3.63, 3.8) is 0 Å². The molecule has 0 aliphatic rings. The van der Waals surface area contributed by atoms with Crippen LogP contribution in [0.1, 0.15) is 39.2 Å². The summed E-state index contributed by atoms with van der Waals surface area (Å²) in [6.45, 7) is 4.23. The molecule has 0 bridgehead atoms. The van der Waals surface area contributed by atoms with Gasteiger partial charge in [-0.2, -0.15) is 0 Å². The van der Waals surface area contributed by atoms with E-state index < -0.39 is 59.6 Å². The summed E-state index contributed by atoms with van der Waals surface area (Å²) in [5, 5.41) is 15.6. The van der Waals surface area contributed by atoms with Crippen molar-refractivity contribution in [2.45, 2.75) is 51.2 Å². The predicted octanol–water partition coefficient (Wildman–Crippen LogP) is 0.227. The number of nitrogens with two attached hydrogens (primary N) is 3. The number of rotatable bonds is 15. The number of carboxylic acid groups (broad SMARTS) is 1. The third-order valence-electron chi connectivity index (χ3n) is 6.56. The van der Waals surface area contributed by atoms with Gasteiger partial charge < -0.3 is 32.9 Å². The van der Waals surface area contributed by atoms with Crippen LogP contribution in [0, 0.1) is 5.92 Å². The molecule has 0 aliphatic heterocycles. The van der Waals surface area contributed by atoms with E-state index in [1.807, 2.05) is 0 Å². The highest BCUT2D eigenvalue weighted by molar-refractivity contribution is 6.18. The van der Waals surface area contributed by atoms with E-state index in [9.17, 15) is 29.1 Å². The Labute approximate surface area is 244 Å². The molecule has 0 saturated carbocycles. The summed E-state index contributed by atoms with van der Waals surface area (Å²) in [6.07, 6.45) is 0.714. The number of nitrogens with zero attached hydrogens (tertiary/aromatic N) is 2. The van der Waals surface area contributed by atoms with Crippen LogP contribution in [0.25, 0.3) is 0 Å². The van der Waals surface area contributed by atoms with Crippen LogP contribution in [-0.2, 0) is 29.5 Å². The molecule has 2 aromatic rings. The summed E-state index contributed by atoms with van der Waals surface area (Å²) in [5.41, 5.74) is 14.2. The number of carbonyl (C=O) groups is 5. The smallest absolute Gasteiger partial charge is 0.342 e. The van der Waals surface area contributed by atoms with Crippen LogP contribution in [0.5, 0.6) is 0 Å². The Bertz CT molecular complexity index is 1270. The molecule has 13 heteroatoms. The first-order valence-corrected chi connectivity index (χ1v) is 13.4. The van der Waals surface area contributed by atoms with Gasteiger partial charge in [-0.05, 0) is 43.4 Å². The number of guanidine groups is 1.